The summed E-state index contributed by atoms with van der Waals surface area (Å²) < 4.78 is 15.7. The highest BCUT2D eigenvalue weighted by Crippen LogP contribution is 2.40. The van der Waals surface area contributed by atoms with Crippen molar-refractivity contribution in [1.82, 2.24) is 10.6 Å². The molecule has 0 aliphatic heterocycles. The molecule has 1 aromatic carbocycles. The number of benzene rings is 1. The summed E-state index contributed by atoms with van der Waals surface area (Å²) in [6, 6.07) is 2.81. The number of carbonyl (C=O) groups excluding carboxylic acids is 1. The van der Waals surface area contributed by atoms with E-state index in [-0.39, 0.29) is 11.5 Å². The standard InChI is InChI=1S/C15H24N4O4/c1-15(2,3)19-14(20)18-13(16)17-9-7-10(21-4)12(23-6)11(8-9)22-5/h7-8H,1-6H3,(H4,16,17,18,19,20). The first-order chi connectivity index (χ1) is 10.7. The van der Waals surface area contributed by atoms with Crippen molar-refractivity contribution in [3.8, 4) is 17.2 Å². The Balaban J connectivity index is 3.00. The smallest absolute Gasteiger partial charge is 0.321 e. The molecule has 0 saturated carbocycles. The van der Waals surface area contributed by atoms with Crippen LogP contribution >= 0.6 is 0 Å². The van der Waals surface area contributed by atoms with Crippen LogP contribution in [0.4, 0.5) is 10.5 Å². The molecule has 8 nitrogen and oxygen atoms in total. The third-order valence-corrected chi connectivity index (χ3v) is 2.63. The molecule has 23 heavy (non-hydrogen) atoms. The van der Waals surface area contributed by atoms with E-state index in [4.69, 9.17) is 19.9 Å². The third kappa shape index (κ3) is 5.57. The number of guanidine groups is 1. The van der Waals surface area contributed by atoms with Crippen molar-refractivity contribution < 1.29 is 19.0 Å². The molecule has 0 aliphatic rings. The van der Waals surface area contributed by atoms with E-state index >= 15 is 0 Å². The van der Waals surface area contributed by atoms with Crippen molar-refractivity contribution in [3.63, 3.8) is 0 Å². The molecule has 0 atom stereocenters. The number of amides is 2. The maximum atomic E-state index is 11.8. The van der Waals surface area contributed by atoms with Gasteiger partial charge in [-0.3, -0.25) is 5.32 Å². The van der Waals surface area contributed by atoms with Gasteiger partial charge >= 0.3 is 6.03 Å². The summed E-state index contributed by atoms with van der Waals surface area (Å²) in [6.07, 6.45) is 0. The summed E-state index contributed by atoms with van der Waals surface area (Å²) in [6.45, 7) is 5.58. The first-order valence-corrected chi connectivity index (χ1v) is 6.93. The molecule has 0 spiro atoms. The number of rotatable bonds is 4. The monoisotopic (exact) mass is 324 g/mol. The second-order valence-electron chi connectivity index (χ2n) is 5.71. The van der Waals surface area contributed by atoms with Crippen LogP contribution in [0, 0.1) is 0 Å². The Labute approximate surface area is 136 Å². The zero-order chi connectivity index (χ0) is 17.6. The van der Waals surface area contributed by atoms with Gasteiger partial charge in [0.05, 0.1) is 27.0 Å². The minimum atomic E-state index is -0.439. The molecular formula is C15H24N4O4. The van der Waals surface area contributed by atoms with Crippen LogP contribution in [0.3, 0.4) is 0 Å². The SMILES string of the molecule is COc1cc(N=C(N)NC(=O)NC(C)(C)C)cc(OC)c1OC. The van der Waals surface area contributed by atoms with E-state index in [9.17, 15) is 4.79 Å². The Morgan fingerprint density at radius 1 is 1.09 bits per heavy atom. The predicted molar refractivity (Wildman–Crippen MR) is 88.8 cm³/mol. The quantitative estimate of drug-likeness (QED) is 0.578. The van der Waals surface area contributed by atoms with Gasteiger partial charge in [0.1, 0.15) is 0 Å². The summed E-state index contributed by atoms with van der Waals surface area (Å²) >= 11 is 0. The second kappa shape index (κ2) is 7.57. The largest absolute Gasteiger partial charge is 0.493 e. The zero-order valence-corrected chi connectivity index (χ0v) is 14.3. The Hall–Kier alpha value is -2.64. The number of nitrogens with zero attached hydrogens (tertiary/aromatic N) is 1. The minimum Gasteiger partial charge on any atom is -0.493 e. The van der Waals surface area contributed by atoms with Crippen molar-refractivity contribution >= 4 is 17.7 Å². The summed E-state index contributed by atoms with van der Waals surface area (Å²) in [5, 5.41) is 5.17. The lowest BCUT2D eigenvalue weighted by molar-refractivity contribution is 0.236. The van der Waals surface area contributed by atoms with Gasteiger partial charge in [0, 0.05) is 17.7 Å². The summed E-state index contributed by atoms with van der Waals surface area (Å²) in [4.78, 5) is 15.9. The van der Waals surface area contributed by atoms with Crippen LogP contribution in [0.1, 0.15) is 20.8 Å². The fourth-order valence-corrected chi connectivity index (χ4v) is 1.79. The van der Waals surface area contributed by atoms with E-state index in [0.29, 0.717) is 22.9 Å². The van der Waals surface area contributed by atoms with Crippen LogP contribution < -0.4 is 30.6 Å². The molecular weight excluding hydrogens is 300 g/mol. The molecule has 0 aromatic heterocycles. The molecule has 0 fully saturated rings. The summed E-state index contributed by atoms with van der Waals surface area (Å²) in [7, 11) is 4.52. The predicted octanol–water partition coefficient (Wildman–Crippen LogP) is 1.76. The van der Waals surface area contributed by atoms with E-state index in [1.165, 1.54) is 21.3 Å². The number of hydrogen-bond acceptors (Lipinski definition) is 5. The van der Waals surface area contributed by atoms with Gasteiger partial charge in [-0.2, -0.15) is 0 Å². The maximum Gasteiger partial charge on any atom is 0.321 e. The van der Waals surface area contributed by atoms with E-state index in [0.717, 1.165) is 0 Å². The highest BCUT2D eigenvalue weighted by Gasteiger charge is 2.15. The van der Waals surface area contributed by atoms with Gasteiger partial charge in [-0.05, 0) is 20.8 Å². The molecule has 0 aliphatic carbocycles. The Kier molecular flexibility index (Phi) is 6.06. The fourth-order valence-electron chi connectivity index (χ4n) is 1.79. The summed E-state index contributed by atoms with van der Waals surface area (Å²) in [5.41, 5.74) is 5.82. The molecule has 0 unspecified atom stereocenters. The van der Waals surface area contributed by atoms with Gasteiger partial charge in [0.25, 0.3) is 0 Å². The molecule has 0 saturated heterocycles. The van der Waals surface area contributed by atoms with Crippen molar-refractivity contribution in [2.45, 2.75) is 26.3 Å². The number of ether oxygens (including phenoxy) is 3. The molecule has 1 rings (SSSR count). The second-order valence-corrected chi connectivity index (χ2v) is 5.71. The van der Waals surface area contributed by atoms with Gasteiger partial charge in [0.2, 0.25) is 11.7 Å². The average Bonchev–Trinajstić information content (AvgIpc) is 2.43. The number of nitrogens with two attached hydrogens (primary N) is 1. The van der Waals surface area contributed by atoms with Crippen LogP contribution in [0.15, 0.2) is 17.1 Å². The maximum absolute atomic E-state index is 11.8. The van der Waals surface area contributed by atoms with Gasteiger partial charge in [-0.15, -0.1) is 0 Å². The number of urea groups is 1. The molecule has 0 radical (unpaired) electrons. The van der Waals surface area contributed by atoms with Crippen LogP contribution in [-0.4, -0.2) is 38.9 Å². The molecule has 0 heterocycles. The van der Waals surface area contributed by atoms with Crippen molar-refractivity contribution in [2.75, 3.05) is 21.3 Å². The van der Waals surface area contributed by atoms with Gasteiger partial charge < -0.3 is 25.3 Å². The molecule has 0 bridgehead atoms. The molecule has 2 amide bonds. The van der Waals surface area contributed by atoms with Crippen LogP contribution in [0.5, 0.6) is 17.2 Å². The highest BCUT2D eigenvalue weighted by atomic mass is 16.5. The van der Waals surface area contributed by atoms with Crippen molar-refractivity contribution in [3.05, 3.63) is 12.1 Å². The lowest BCUT2D eigenvalue weighted by atomic mass is 10.1. The topological polar surface area (TPSA) is 107 Å². The fraction of sp³-hybridized carbons (Fsp3) is 0.467. The van der Waals surface area contributed by atoms with Gasteiger partial charge in [-0.25, -0.2) is 9.79 Å². The molecule has 128 valence electrons. The third-order valence-electron chi connectivity index (χ3n) is 2.63. The normalized spacial score (nSPS) is 11.7. The number of hydrogen-bond donors (Lipinski definition) is 3. The summed E-state index contributed by atoms with van der Waals surface area (Å²) in [5.74, 6) is 1.28. The van der Waals surface area contributed by atoms with Crippen LogP contribution in [-0.2, 0) is 0 Å². The highest BCUT2D eigenvalue weighted by molar-refractivity contribution is 5.96. The molecule has 8 heteroatoms. The van der Waals surface area contributed by atoms with Gasteiger partial charge in [-0.1, -0.05) is 0 Å². The first-order valence-electron chi connectivity index (χ1n) is 6.93. The molecule has 1 aromatic rings. The van der Waals surface area contributed by atoms with E-state index in [2.05, 4.69) is 15.6 Å². The van der Waals surface area contributed by atoms with Crippen molar-refractivity contribution in [2.24, 2.45) is 10.7 Å². The lowest BCUT2D eigenvalue weighted by Gasteiger charge is -2.20. The Morgan fingerprint density at radius 2 is 1.61 bits per heavy atom. The van der Waals surface area contributed by atoms with E-state index in [1.807, 2.05) is 20.8 Å². The zero-order valence-electron chi connectivity index (χ0n) is 14.3. The van der Waals surface area contributed by atoms with Crippen molar-refractivity contribution in [1.29, 1.82) is 0 Å². The number of carbonyl (C=O) groups is 1. The number of methoxy groups -OCH3 is 3. The minimum absolute atomic E-state index is 0.0546. The number of nitrogens with one attached hydrogen (secondary N) is 2. The number of aliphatic imine (C=N–C) groups is 1. The average molecular weight is 324 g/mol. The first kappa shape index (κ1) is 18.4. The Bertz CT molecular complexity index is 569. The van der Waals surface area contributed by atoms with Crippen LogP contribution in [0.25, 0.3) is 0 Å². The van der Waals surface area contributed by atoms with Gasteiger partial charge in [0.15, 0.2) is 11.5 Å². The Morgan fingerprint density at radius 3 is 2.00 bits per heavy atom. The van der Waals surface area contributed by atoms with E-state index < -0.39 is 6.03 Å². The molecule has 4 N–H and O–H groups in total. The van der Waals surface area contributed by atoms with E-state index in [1.54, 1.807) is 12.1 Å². The van der Waals surface area contributed by atoms with Crippen LogP contribution in [0.2, 0.25) is 0 Å². The lowest BCUT2D eigenvalue weighted by Crippen LogP contribution is -2.50.